The predicted octanol–water partition coefficient (Wildman–Crippen LogP) is 2.73. The molecule has 1 aliphatic heterocycles. The van der Waals surface area contributed by atoms with Crippen LogP contribution in [0.3, 0.4) is 0 Å². The number of fused-ring (bicyclic) bond motifs is 2. The molecule has 1 heteroatoms. The van der Waals surface area contributed by atoms with Crippen LogP contribution in [0.5, 0.6) is 0 Å². The van der Waals surface area contributed by atoms with Gasteiger partial charge in [0.25, 0.3) is 0 Å². The van der Waals surface area contributed by atoms with Gasteiger partial charge in [0.2, 0.25) is 0 Å². The highest BCUT2D eigenvalue weighted by Crippen LogP contribution is 2.28. The molecule has 0 aromatic heterocycles. The summed E-state index contributed by atoms with van der Waals surface area (Å²) in [5, 5.41) is 0. The zero-order valence-electron chi connectivity index (χ0n) is 6.85. The first-order valence-corrected chi connectivity index (χ1v) is 5.57. The lowest BCUT2D eigenvalue weighted by atomic mass is 10.0. The van der Waals surface area contributed by atoms with Crippen molar-refractivity contribution in [3.05, 3.63) is 34.9 Å². The minimum absolute atomic E-state index is 1.14. The maximum absolute atomic E-state index is 2.27. The third kappa shape index (κ3) is 1.32. The second kappa shape index (κ2) is 2.95. The van der Waals surface area contributed by atoms with Crippen LogP contribution in [0.1, 0.15) is 16.7 Å². The summed E-state index contributed by atoms with van der Waals surface area (Å²) in [4.78, 5) is 0. The van der Waals surface area contributed by atoms with Gasteiger partial charge in [-0.3, -0.25) is 0 Å². The van der Waals surface area contributed by atoms with Gasteiger partial charge < -0.3 is 0 Å². The van der Waals surface area contributed by atoms with Gasteiger partial charge in [-0.25, -0.2) is 0 Å². The molecular formula is C10H13P. The Morgan fingerprint density at radius 3 is 3.00 bits per heavy atom. The van der Waals surface area contributed by atoms with Crippen LogP contribution < -0.4 is 0 Å². The van der Waals surface area contributed by atoms with E-state index in [1.165, 1.54) is 18.7 Å². The standard InChI is InChI=1S/C10H13P/c1-8-9-3-2-4-10(8)7-11-6-5-9/h2-4,11H,5-7H2,1H3. The lowest BCUT2D eigenvalue weighted by Gasteiger charge is -2.04. The largest absolute Gasteiger partial charge is 0.117 e. The molecular weight excluding hydrogens is 151 g/mol. The summed E-state index contributed by atoms with van der Waals surface area (Å²) in [6, 6.07) is 6.75. The van der Waals surface area contributed by atoms with E-state index in [1.54, 1.807) is 16.7 Å². The van der Waals surface area contributed by atoms with E-state index in [9.17, 15) is 0 Å². The maximum Gasteiger partial charge on any atom is -0.00978 e. The van der Waals surface area contributed by atoms with Crippen molar-refractivity contribution in [2.45, 2.75) is 19.5 Å². The van der Waals surface area contributed by atoms with Crippen molar-refractivity contribution < 1.29 is 0 Å². The van der Waals surface area contributed by atoms with E-state index >= 15 is 0 Å². The van der Waals surface area contributed by atoms with Crippen molar-refractivity contribution in [3.8, 4) is 0 Å². The molecule has 0 spiro atoms. The summed E-state index contributed by atoms with van der Waals surface area (Å²) < 4.78 is 0. The molecule has 1 aromatic rings. The van der Waals surface area contributed by atoms with Crippen LogP contribution in [0.4, 0.5) is 0 Å². The molecule has 1 unspecified atom stereocenters. The molecule has 1 heterocycles. The normalized spacial score (nSPS) is 18.3. The van der Waals surface area contributed by atoms with Crippen molar-refractivity contribution in [2.75, 3.05) is 6.16 Å². The molecule has 1 atom stereocenters. The van der Waals surface area contributed by atoms with E-state index in [2.05, 4.69) is 25.1 Å². The Kier molecular flexibility index (Phi) is 1.96. The highest BCUT2D eigenvalue weighted by Gasteiger charge is 2.07. The summed E-state index contributed by atoms with van der Waals surface area (Å²) in [6.07, 6.45) is 4.02. The summed E-state index contributed by atoms with van der Waals surface area (Å²) in [5.74, 6) is 0. The van der Waals surface area contributed by atoms with Crippen LogP contribution in [-0.2, 0) is 12.6 Å². The summed E-state index contributed by atoms with van der Waals surface area (Å²) in [7, 11) is 1.14. The predicted molar refractivity (Wildman–Crippen MR) is 51.8 cm³/mol. The molecule has 1 aromatic carbocycles. The number of hydrogen-bond donors (Lipinski definition) is 0. The van der Waals surface area contributed by atoms with Gasteiger partial charge in [0.15, 0.2) is 0 Å². The third-order valence-corrected chi connectivity index (χ3v) is 3.68. The van der Waals surface area contributed by atoms with Gasteiger partial charge in [0, 0.05) is 0 Å². The number of benzene rings is 1. The Balaban J connectivity index is 2.52. The number of aryl methyl sites for hydroxylation is 1. The fourth-order valence-corrected chi connectivity index (χ4v) is 2.92. The van der Waals surface area contributed by atoms with Gasteiger partial charge in [0.1, 0.15) is 0 Å². The van der Waals surface area contributed by atoms with Gasteiger partial charge >= 0.3 is 0 Å². The first-order valence-electron chi connectivity index (χ1n) is 4.16. The van der Waals surface area contributed by atoms with Crippen molar-refractivity contribution in [2.24, 2.45) is 0 Å². The van der Waals surface area contributed by atoms with Gasteiger partial charge in [-0.15, -0.1) is 8.58 Å². The van der Waals surface area contributed by atoms with E-state index < -0.39 is 0 Å². The average Bonchev–Trinajstić information content (AvgIpc) is 2.17. The molecule has 0 saturated carbocycles. The topological polar surface area (TPSA) is 0 Å². The number of rotatable bonds is 0. The second-order valence-electron chi connectivity index (χ2n) is 3.13. The minimum Gasteiger partial charge on any atom is -0.117 e. The SMILES string of the molecule is Cc1c2cccc1CPCC2. The summed E-state index contributed by atoms with van der Waals surface area (Å²) in [5.41, 5.74) is 4.71. The van der Waals surface area contributed by atoms with Crippen LogP contribution in [0, 0.1) is 6.92 Å². The fraction of sp³-hybridized carbons (Fsp3) is 0.400. The Bertz CT molecular complexity index is 241. The van der Waals surface area contributed by atoms with Crippen molar-refractivity contribution >= 4 is 8.58 Å². The molecule has 2 bridgehead atoms. The third-order valence-electron chi connectivity index (χ3n) is 2.44. The fourth-order valence-electron chi connectivity index (χ4n) is 1.65. The maximum atomic E-state index is 2.27. The van der Waals surface area contributed by atoms with E-state index in [1.807, 2.05) is 0 Å². The lowest BCUT2D eigenvalue weighted by molar-refractivity contribution is 1.12. The van der Waals surface area contributed by atoms with Crippen LogP contribution in [-0.4, -0.2) is 6.16 Å². The first kappa shape index (κ1) is 7.31. The molecule has 1 aliphatic rings. The van der Waals surface area contributed by atoms with Crippen LogP contribution in [0.25, 0.3) is 0 Å². The minimum atomic E-state index is 1.14. The molecule has 0 saturated heterocycles. The van der Waals surface area contributed by atoms with E-state index in [0.29, 0.717) is 0 Å². The molecule has 2 rings (SSSR count). The van der Waals surface area contributed by atoms with Crippen LogP contribution >= 0.6 is 8.58 Å². The zero-order chi connectivity index (χ0) is 7.68. The molecule has 0 fully saturated rings. The van der Waals surface area contributed by atoms with Crippen LogP contribution in [0.2, 0.25) is 0 Å². The van der Waals surface area contributed by atoms with E-state index in [-0.39, 0.29) is 0 Å². The highest BCUT2D eigenvalue weighted by molar-refractivity contribution is 7.37. The quantitative estimate of drug-likeness (QED) is 0.517. The number of hydrogen-bond acceptors (Lipinski definition) is 0. The molecule has 0 nitrogen and oxygen atoms in total. The molecule has 0 radical (unpaired) electrons. The highest BCUT2D eigenvalue weighted by atomic mass is 31.1. The summed E-state index contributed by atoms with van der Waals surface area (Å²) in [6.45, 7) is 2.26. The van der Waals surface area contributed by atoms with Gasteiger partial charge in [0.05, 0.1) is 0 Å². The van der Waals surface area contributed by atoms with Gasteiger partial charge in [-0.1, -0.05) is 18.2 Å². The monoisotopic (exact) mass is 164 g/mol. The molecule has 0 aliphatic carbocycles. The average molecular weight is 164 g/mol. The van der Waals surface area contributed by atoms with Gasteiger partial charge in [-0.05, 0) is 42.4 Å². The Labute approximate surface area is 69.8 Å². The van der Waals surface area contributed by atoms with E-state index in [4.69, 9.17) is 0 Å². The van der Waals surface area contributed by atoms with E-state index in [0.717, 1.165) is 8.58 Å². The van der Waals surface area contributed by atoms with Crippen molar-refractivity contribution in [1.29, 1.82) is 0 Å². The first-order chi connectivity index (χ1) is 5.38. The smallest absolute Gasteiger partial charge is 0.00978 e. The summed E-state index contributed by atoms with van der Waals surface area (Å²) >= 11 is 0. The van der Waals surface area contributed by atoms with Crippen LogP contribution in [0.15, 0.2) is 18.2 Å². The van der Waals surface area contributed by atoms with Gasteiger partial charge in [-0.2, -0.15) is 0 Å². The van der Waals surface area contributed by atoms with Crippen molar-refractivity contribution in [3.63, 3.8) is 0 Å². The molecule has 0 N–H and O–H groups in total. The molecule has 58 valence electrons. The Morgan fingerprint density at radius 1 is 1.27 bits per heavy atom. The zero-order valence-corrected chi connectivity index (χ0v) is 7.85. The van der Waals surface area contributed by atoms with Crippen molar-refractivity contribution in [1.82, 2.24) is 0 Å². The lowest BCUT2D eigenvalue weighted by Crippen LogP contribution is -1.90. The molecule has 0 amide bonds. The Hall–Kier alpha value is -0.350. The Morgan fingerprint density at radius 2 is 2.09 bits per heavy atom. The molecule has 11 heavy (non-hydrogen) atoms. The second-order valence-corrected chi connectivity index (χ2v) is 4.48.